The van der Waals surface area contributed by atoms with Gasteiger partial charge in [0.15, 0.2) is 0 Å². The van der Waals surface area contributed by atoms with Crippen molar-refractivity contribution < 1.29 is 14.6 Å². The molecule has 2 unspecified atom stereocenters. The number of nitrogens with zero attached hydrogens (tertiary/aromatic N) is 1. The van der Waals surface area contributed by atoms with E-state index in [9.17, 15) is 4.79 Å². The standard InChI is InChI=1S/C16H21NO3/c1-12-15(9-10-20-12)17(2)11-14-5-3-13(4-6-14)7-8-16(18)19/h3-8,12,15H,9-11H2,1-2H3,(H,18,19)/b8-7+. The van der Waals surface area contributed by atoms with E-state index < -0.39 is 5.97 Å². The fourth-order valence-electron chi connectivity index (χ4n) is 2.61. The van der Waals surface area contributed by atoms with Gasteiger partial charge in [-0.3, -0.25) is 4.90 Å². The van der Waals surface area contributed by atoms with Crippen LogP contribution < -0.4 is 0 Å². The van der Waals surface area contributed by atoms with Gasteiger partial charge in [0.1, 0.15) is 0 Å². The molecule has 0 saturated carbocycles. The third kappa shape index (κ3) is 3.92. The molecule has 4 heteroatoms. The lowest BCUT2D eigenvalue weighted by Crippen LogP contribution is -2.36. The lowest BCUT2D eigenvalue weighted by Gasteiger charge is -2.26. The van der Waals surface area contributed by atoms with E-state index in [1.807, 2.05) is 24.3 Å². The molecule has 1 N–H and O–H groups in total. The molecule has 4 nitrogen and oxygen atoms in total. The highest BCUT2D eigenvalue weighted by Crippen LogP contribution is 2.20. The topological polar surface area (TPSA) is 49.8 Å². The smallest absolute Gasteiger partial charge is 0.328 e. The van der Waals surface area contributed by atoms with Gasteiger partial charge in [0.2, 0.25) is 0 Å². The van der Waals surface area contributed by atoms with Crippen LogP contribution in [0.3, 0.4) is 0 Å². The fourth-order valence-corrected chi connectivity index (χ4v) is 2.61. The molecule has 1 aromatic rings. The number of carbonyl (C=O) groups is 1. The summed E-state index contributed by atoms with van der Waals surface area (Å²) in [5.74, 6) is -0.927. The van der Waals surface area contributed by atoms with Crippen LogP contribution in [0.1, 0.15) is 24.5 Å². The second kappa shape index (κ2) is 6.68. The van der Waals surface area contributed by atoms with Gasteiger partial charge in [-0.15, -0.1) is 0 Å². The average molecular weight is 275 g/mol. The Hall–Kier alpha value is -1.65. The summed E-state index contributed by atoms with van der Waals surface area (Å²) >= 11 is 0. The minimum absolute atomic E-state index is 0.290. The zero-order chi connectivity index (χ0) is 14.5. The summed E-state index contributed by atoms with van der Waals surface area (Å²) in [5, 5.41) is 8.59. The van der Waals surface area contributed by atoms with Gasteiger partial charge in [-0.1, -0.05) is 24.3 Å². The van der Waals surface area contributed by atoms with Crippen molar-refractivity contribution in [3.63, 3.8) is 0 Å². The number of aliphatic carboxylic acids is 1. The Kier molecular flexibility index (Phi) is 4.93. The second-order valence-electron chi connectivity index (χ2n) is 5.26. The molecule has 1 aliphatic rings. The molecule has 1 fully saturated rings. The van der Waals surface area contributed by atoms with E-state index in [0.29, 0.717) is 6.04 Å². The van der Waals surface area contributed by atoms with Gasteiger partial charge >= 0.3 is 5.97 Å². The number of benzene rings is 1. The van der Waals surface area contributed by atoms with Crippen LogP contribution >= 0.6 is 0 Å². The Morgan fingerprint density at radius 1 is 1.45 bits per heavy atom. The summed E-state index contributed by atoms with van der Waals surface area (Å²) < 4.78 is 5.59. The van der Waals surface area contributed by atoms with Crippen molar-refractivity contribution in [1.29, 1.82) is 0 Å². The number of carboxylic acids is 1. The molecule has 0 aromatic heterocycles. The summed E-state index contributed by atoms with van der Waals surface area (Å²) in [4.78, 5) is 12.8. The van der Waals surface area contributed by atoms with Gasteiger partial charge in [-0.25, -0.2) is 4.79 Å². The number of hydrogen-bond donors (Lipinski definition) is 1. The van der Waals surface area contributed by atoms with E-state index in [-0.39, 0.29) is 6.10 Å². The summed E-state index contributed by atoms with van der Waals surface area (Å²) in [6.07, 6.45) is 4.12. The van der Waals surface area contributed by atoms with Crippen molar-refractivity contribution in [2.24, 2.45) is 0 Å². The Bertz CT molecular complexity index is 481. The molecule has 0 spiro atoms. The molecule has 20 heavy (non-hydrogen) atoms. The molecule has 0 aliphatic carbocycles. The lowest BCUT2D eigenvalue weighted by atomic mass is 10.1. The van der Waals surface area contributed by atoms with Gasteiger partial charge in [-0.05, 0) is 37.6 Å². The maximum Gasteiger partial charge on any atom is 0.328 e. The number of carboxylic acid groups (broad SMARTS) is 1. The van der Waals surface area contributed by atoms with Gasteiger partial charge in [0.25, 0.3) is 0 Å². The Balaban J connectivity index is 1.94. The first-order valence-electron chi connectivity index (χ1n) is 6.88. The van der Waals surface area contributed by atoms with Crippen LogP contribution in [0, 0.1) is 0 Å². The van der Waals surface area contributed by atoms with Gasteiger partial charge in [0.05, 0.1) is 6.10 Å². The summed E-state index contributed by atoms with van der Waals surface area (Å²) in [6, 6.07) is 8.44. The van der Waals surface area contributed by atoms with Crippen molar-refractivity contribution in [3.05, 3.63) is 41.5 Å². The van der Waals surface area contributed by atoms with Crippen LogP contribution in [0.2, 0.25) is 0 Å². The van der Waals surface area contributed by atoms with Crippen molar-refractivity contribution in [1.82, 2.24) is 4.90 Å². The van der Waals surface area contributed by atoms with E-state index >= 15 is 0 Å². The zero-order valence-corrected chi connectivity index (χ0v) is 12.0. The average Bonchev–Trinajstić information content (AvgIpc) is 2.84. The molecule has 108 valence electrons. The lowest BCUT2D eigenvalue weighted by molar-refractivity contribution is -0.131. The van der Waals surface area contributed by atoms with Crippen molar-refractivity contribution in [2.75, 3.05) is 13.7 Å². The van der Waals surface area contributed by atoms with E-state index in [4.69, 9.17) is 9.84 Å². The number of hydrogen-bond acceptors (Lipinski definition) is 3. The van der Waals surface area contributed by atoms with Crippen LogP contribution in [-0.4, -0.2) is 41.8 Å². The summed E-state index contributed by atoms with van der Waals surface area (Å²) in [5.41, 5.74) is 2.12. The fraction of sp³-hybridized carbons (Fsp3) is 0.438. The van der Waals surface area contributed by atoms with Crippen molar-refractivity contribution >= 4 is 12.0 Å². The van der Waals surface area contributed by atoms with E-state index in [1.54, 1.807) is 6.08 Å². The summed E-state index contributed by atoms with van der Waals surface area (Å²) in [6.45, 7) is 3.84. The van der Waals surface area contributed by atoms with Crippen molar-refractivity contribution in [2.45, 2.75) is 32.0 Å². The highest BCUT2D eigenvalue weighted by molar-refractivity contribution is 5.85. The maximum atomic E-state index is 10.5. The molecule has 2 rings (SSSR count). The van der Waals surface area contributed by atoms with Crippen LogP contribution in [0.25, 0.3) is 6.08 Å². The first-order chi connectivity index (χ1) is 9.56. The molecule has 0 amide bonds. The van der Waals surface area contributed by atoms with E-state index in [0.717, 1.165) is 31.2 Å². The number of rotatable bonds is 5. The quantitative estimate of drug-likeness (QED) is 0.838. The molecule has 1 saturated heterocycles. The highest BCUT2D eigenvalue weighted by Gasteiger charge is 2.27. The third-order valence-electron chi connectivity index (χ3n) is 3.73. The van der Waals surface area contributed by atoms with Gasteiger partial charge in [0, 0.05) is 25.3 Å². The SMILES string of the molecule is CC1OCCC1N(C)Cc1ccc(/C=C/C(=O)O)cc1. The first-order valence-corrected chi connectivity index (χ1v) is 6.88. The Morgan fingerprint density at radius 2 is 2.15 bits per heavy atom. The maximum absolute atomic E-state index is 10.5. The predicted octanol–water partition coefficient (Wildman–Crippen LogP) is 2.39. The van der Waals surface area contributed by atoms with Gasteiger partial charge in [-0.2, -0.15) is 0 Å². The molecule has 0 bridgehead atoms. The van der Waals surface area contributed by atoms with Crippen LogP contribution in [0.5, 0.6) is 0 Å². The molecule has 1 heterocycles. The zero-order valence-electron chi connectivity index (χ0n) is 12.0. The monoisotopic (exact) mass is 275 g/mol. The molecular weight excluding hydrogens is 254 g/mol. The third-order valence-corrected chi connectivity index (χ3v) is 3.73. The predicted molar refractivity (Wildman–Crippen MR) is 78.4 cm³/mol. The largest absolute Gasteiger partial charge is 0.478 e. The molecule has 1 aliphatic heterocycles. The van der Waals surface area contributed by atoms with Crippen LogP contribution in [0.4, 0.5) is 0 Å². The molecule has 2 atom stereocenters. The molecular formula is C16H21NO3. The number of ether oxygens (including phenoxy) is 1. The van der Waals surface area contributed by atoms with Crippen LogP contribution in [-0.2, 0) is 16.1 Å². The molecule has 0 radical (unpaired) electrons. The Morgan fingerprint density at radius 3 is 2.70 bits per heavy atom. The van der Waals surface area contributed by atoms with Crippen LogP contribution in [0.15, 0.2) is 30.3 Å². The molecule has 1 aromatic carbocycles. The first kappa shape index (κ1) is 14.8. The minimum atomic E-state index is -0.927. The Labute approximate surface area is 119 Å². The summed E-state index contributed by atoms with van der Waals surface area (Å²) in [7, 11) is 2.12. The van der Waals surface area contributed by atoms with Gasteiger partial charge < -0.3 is 9.84 Å². The van der Waals surface area contributed by atoms with Crippen molar-refractivity contribution in [3.8, 4) is 0 Å². The van der Waals surface area contributed by atoms with E-state index in [2.05, 4.69) is 18.9 Å². The second-order valence-corrected chi connectivity index (χ2v) is 5.26. The number of likely N-dealkylation sites (N-methyl/N-ethyl adjacent to an activating group) is 1. The van der Waals surface area contributed by atoms with E-state index in [1.165, 1.54) is 5.56 Å². The normalized spacial score (nSPS) is 22.8. The minimum Gasteiger partial charge on any atom is -0.478 e. The highest BCUT2D eigenvalue weighted by atomic mass is 16.5.